The second-order valence-corrected chi connectivity index (χ2v) is 7.76. The van der Waals surface area contributed by atoms with Gasteiger partial charge in [-0.25, -0.2) is 0 Å². The molecule has 0 aliphatic rings. The van der Waals surface area contributed by atoms with Gasteiger partial charge in [-0.2, -0.15) is 0 Å². The van der Waals surface area contributed by atoms with E-state index in [0.29, 0.717) is 12.2 Å². The lowest BCUT2D eigenvalue weighted by molar-refractivity contribution is -0.144. The Morgan fingerprint density at radius 2 is 1.74 bits per heavy atom. The molecule has 7 heteroatoms. The molecule has 164 valence electrons. The highest BCUT2D eigenvalue weighted by molar-refractivity contribution is 8.13. The van der Waals surface area contributed by atoms with Crippen molar-refractivity contribution in [3.63, 3.8) is 0 Å². The number of amides is 1. The summed E-state index contributed by atoms with van der Waals surface area (Å²) in [5, 5.41) is 2.66. The lowest BCUT2D eigenvalue weighted by atomic mass is 10.1. The minimum Gasteiger partial charge on any atom is -0.494 e. The topological polar surface area (TPSA) is 81.7 Å². The predicted molar refractivity (Wildman–Crippen MR) is 123 cm³/mol. The van der Waals surface area contributed by atoms with Crippen LogP contribution in [0.15, 0.2) is 60.2 Å². The van der Waals surface area contributed by atoms with Crippen LogP contribution in [0, 0.1) is 0 Å². The number of nitrogens with one attached hydrogen (secondary N) is 1. The van der Waals surface area contributed by atoms with E-state index in [9.17, 15) is 14.4 Å². The zero-order valence-electron chi connectivity index (χ0n) is 17.8. The first-order valence-electron chi connectivity index (χ1n) is 10.0. The van der Waals surface area contributed by atoms with Crippen LogP contribution in [-0.2, 0) is 25.7 Å². The van der Waals surface area contributed by atoms with Crippen molar-refractivity contribution in [2.75, 3.05) is 18.9 Å². The largest absolute Gasteiger partial charge is 0.494 e. The first kappa shape index (κ1) is 24.2. The van der Waals surface area contributed by atoms with E-state index in [1.807, 2.05) is 61.5 Å². The average molecular weight is 442 g/mol. The number of rotatable bonds is 11. The van der Waals surface area contributed by atoms with Crippen LogP contribution in [0.5, 0.6) is 5.75 Å². The van der Waals surface area contributed by atoms with Crippen molar-refractivity contribution in [2.24, 2.45) is 0 Å². The van der Waals surface area contributed by atoms with Crippen molar-refractivity contribution in [2.45, 2.75) is 26.9 Å². The number of ether oxygens (including phenoxy) is 2. The van der Waals surface area contributed by atoms with Crippen LogP contribution < -0.4 is 10.1 Å². The molecule has 31 heavy (non-hydrogen) atoms. The van der Waals surface area contributed by atoms with Crippen molar-refractivity contribution in [1.29, 1.82) is 0 Å². The quantitative estimate of drug-likeness (QED) is 0.419. The highest BCUT2D eigenvalue weighted by Crippen LogP contribution is 2.17. The molecule has 0 atom stereocenters. The number of esters is 1. The second-order valence-electron chi connectivity index (χ2n) is 6.60. The summed E-state index contributed by atoms with van der Waals surface area (Å²) in [4.78, 5) is 35.9. The molecule has 0 aliphatic carbocycles. The van der Waals surface area contributed by atoms with Gasteiger partial charge in [-0.1, -0.05) is 54.2 Å². The van der Waals surface area contributed by atoms with Crippen LogP contribution in [0.2, 0.25) is 0 Å². The normalized spacial score (nSPS) is 11.0. The van der Waals surface area contributed by atoms with Gasteiger partial charge >= 0.3 is 5.97 Å². The Morgan fingerprint density at radius 1 is 1.03 bits per heavy atom. The Kier molecular flexibility index (Phi) is 10.4. The Bertz CT molecular complexity index is 894. The molecule has 2 aromatic rings. The highest BCUT2D eigenvalue weighted by Gasteiger charge is 2.12. The van der Waals surface area contributed by atoms with E-state index in [1.165, 1.54) is 6.92 Å². The molecular formula is C24H27NO5S. The van der Waals surface area contributed by atoms with Crippen LogP contribution in [0.3, 0.4) is 0 Å². The number of hydrogen-bond donors (Lipinski definition) is 1. The van der Waals surface area contributed by atoms with E-state index in [2.05, 4.69) is 5.32 Å². The predicted octanol–water partition coefficient (Wildman–Crippen LogP) is 4.00. The lowest BCUT2D eigenvalue weighted by Crippen LogP contribution is -2.28. The average Bonchev–Trinajstić information content (AvgIpc) is 2.77. The number of thioether (sulfide) groups is 1. The van der Waals surface area contributed by atoms with Gasteiger partial charge in [-0.15, -0.1) is 0 Å². The summed E-state index contributed by atoms with van der Waals surface area (Å²) >= 11 is 1.06. The molecule has 0 saturated carbocycles. The molecule has 0 aliphatic heterocycles. The molecule has 0 spiro atoms. The van der Waals surface area contributed by atoms with Crippen LogP contribution >= 0.6 is 11.8 Å². The van der Waals surface area contributed by atoms with Crippen molar-refractivity contribution in [3.05, 3.63) is 71.3 Å². The molecule has 0 saturated heterocycles. The fraction of sp³-hybridized carbons (Fsp3) is 0.292. The lowest BCUT2D eigenvalue weighted by Gasteiger charge is -2.09. The molecule has 6 nitrogen and oxygen atoms in total. The SMILES string of the molecule is CCOc1ccc(/C=C(\CSC(C)=O)C(=O)NCCC(=O)OCc2ccccc2)cc1. The van der Waals surface area contributed by atoms with Crippen LogP contribution in [0.25, 0.3) is 6.08 Å². The molecule has 1 N–H and O–H groups in total. The summed E-state index contributed by atoms with van der Waals surface area (Å²) in [7, 11) is 0. The van der Waals surface area contributed by atoms with E-state index < -0.39 is 0 Å². The first-order valence-corrected chi connectivity index (χ1v) is 11.0. The number of hydrogen-bond acceptors (Lipinski definition) is 6. The third-order valence-corrected chi connectivity index (χ3v) is 4.97. The number of carbonyl (C=O) groups is 3. The molecule has 0 fully saturated rings. The van der Waals surface area contributed by atoms with Gasteiger partial charge in [0.25, 0.3) is 0 Å². The van der Waals surface area contributed by atoms with Crippen molar-refractivity contribution in [1.82, 2.24) is 5.32 Å². The smallest absolute Gasteiger partial charge is 0.307 e. The molecule has 2 aromatic carbocycles. The summed E-state index contributed by atoms with van der Waals surface area (Å²) in [6.45, 7) is 4.29. The number of carbonyl (C=O) groups excluding carboxylic acids is 3. The van der Waals surface area contributed by atoms with E-state index in [1.54, 1.807) is 6.08 Å². The van der Waals surface area contributed by atoms with Gasteiger partial charge in [-0.05, 0) is 36.3 Å². The fourth-order valence-corrected chi connectivity index (χ4v) is 3.16. The molecule has 0 heterocycles. The Hall–Kier alpha value is -3.06. The standard InChI is InChI=1S/C24H27NO5S/c1-3-29-22-11-9-19(10-12-22)15-21(17-31-18(2)26)24(28)25-14-13-23(27)30-16-20-7-5-4-6-8-20/h4-12,15H,3,13-14,16-17H2,1-2H3,(H,25,28)/b21-15+. The van der Waals surface area contributed by atoms with Gasteiger partial charge in [0.1, 0.15) is 12.4 Å². The van der Waals surface area contributed by atoms with Gasteiger partial charge in [0.15, 0.2) is 5.12 Å². The van der Waals surface area contributed by atoms with Crippen molar-refractivity contribution in [3.8, 4) is 5.75 Å². The maximum Gasteiger partial charge on any atom is 0.307 e. The Balaban J connectivity index is 1.89. The second kappa shape index (κ2) is 13.3. The minimum atomic E-state index is -0.390. The molecule has 0 aromatic heterocycles. The third-order valence-electron chi connectivity index (χ3n) is 4.11. The van der Waals surface area contributed by atoms with Gasteiger partial charge in [0, 0.05) is 24.8 Å². The first-order chi connectivity index (χ1) is 15.0. The summed E-state index contributed by atoms with van der Waals surface area (Å²) in [6, 6.07) is 16.7. The van der Waals surface area contributed by atoms with Crippen molar-refractivity contribution >= 4 is 34.8 Å². The van der Waals surface area contributed by atoms with Gasteiger partial charge in [0.05, 0.1) is 13.0 Å². The monoisotopic (exact) mass is 441 g/mol. The summed E-state index contributed by atoms with van der Waals surface area (Å²) < 4.78 is 10.6. The van der Waals surface area contributed by atoms with E-state index in [4.69, 9.17) is 9.47 Å². The van der Waals surface area contributed by atoms with Gasteiger partial charge in [-0.3, -0.25) is 14.4 Å². The summed E-state index contributed by atoms with van der Waals surface area (Å²) in [5.41, 5.74) is 2.17. The third kappa shape index (κ3) is 9.53. The molecule has 2 rings (SSSR count). The minimum absolute atomic E-state index is 0.0642. The van der Waals surface area contributed by atoms with Crippen LogP contribution in [-0.4, -0.2) is 35.9 Å². The molecular weight excluding hydrogens is 414 g/mol. The maximum absolute atomic E-state index is 12.6. The zero-order valence-corrected chi connectivity index (χ0v) is 18.6. The molecule has 0 radical (unpaired) electrons. The highest BCUT2D eigenvalue weighted by atomic mass is 32.2. The Morgan fingerprint density at radius 3 is 2.39 bits per heavy atom. The van der Waals surface area contributed by atoms with E-state index >= 15 is 0 Å². The Labute approximate surface area is 187 Å². The number of benzene rings is 2. The van der Waals surface area contributed by atoms with Crippen LogP contribution in [0.1, 0.15) is 31.4 Å². The molecule has 0 bridgehead atoms. The molecule has 0 unspecified atom stereocenters. The van der Waals surface area contributed by atoms with E-state index in [0.717, 1.165) is 28.6 Å². The van der Waals surface area contributed by atoms with Gasteiger partial charge in [0.2, 0.25) is 5.91 Å². The van der Waals surface area contributed by atoms with E-state index in [-0.39, 0.29) is 42.3 Å². The fourth-order valence-electron chi connectivity index (χ4n) is 2.58. The van der Waals surface area contributed by atoms with Crippen molar-refractivity contribution < 1.29 is 23.9 Å². The van der Waals surface area contributed by atoms with Crippen LogP contribution in [0.4, 0.5) is 0 Å². The zero-order chi connectivity index (χ0) is 22.5. The maximum atomic E-state index is 12.6. The summed E-state index contributed by atoms with van der Waals surface area (Å²) in [5.74, 6) is 0.280. The van der Waals surface area contributed by atoms with Gasteiger partial charge < -0.3 is 14.8 Å². The summed E-state index contributed by atoms with van der Waals surface area (Å²) in [6.07, 6.45) is 1.80. The molecule has 1 amide bonds.